The number of amides is 1. The fourth-order valence-corrected chi connectivity index (χ4v) is 6.06. The number of hydrogen-bond donors (Lipinski definition) is 1. The van der Waals surface area contributed by atoms with Crippen molar-refractivity contribution in [2.24, 2.45) is 5.92 Å². The maximum Gasteiger partial charge on any atom is 0.243 e. The summed E-state index contributed by atoms with van der Waals surface area (Å²) >= 11 is 0. The number of methoxy groups -OCH3 is 1. The van der Waals surface area contributed by atoms with E-state index in [1.165, 1.54) is 16.3 Å². The van der Waals surface area contributed by atoms with E-state index in [0.717, 1.165) is 30.6 Å². The van der Waals surface area contributed by atoms with Gasteiger partial charge >= 0.3 is 0 Å². The van der Waals surface area contributed by atoms with Crippen LogP contribution in [0.4, 0.5) is 0 Å². The second-order valence-electron chi connectivity index (χ2n) is 8.63. The van der Waals surface area contributed by atoms with Gasteiger partial charge in [0.05, 0.1) is 18.6 Å². The van der Waals surface area contributed by atoms with Crippen molar-refractivity contribution < 1.29 is 22.7 Å². The second kappa shape index (κ2) is 10.6. The standard InChI is InChI=1S/C25H32N2O5S/c1-31-22-7-9-23(10-8-22)32-17-14-26-25(28)20-12-15-27(16-13-20)33(29,30)24-11-6-19-4-2-3-5-21(19)18-24/h6-11,18,20H,2-5,12-17H2,1H3,(H,26,28). The van der Waals surface area contributed by atoms with E-state index in [0.29, 0.717) is 49.7 Å². The Balaban J connectivity index is 1.23. The number of carbonyl (C=O) groups excluding carboxylic acids is 1. The molecule has 0 unspecified atom stereocenters. The van der Waals surface area contributed by atoms with Crippen LogP contribution in [0.1, 0.15) is 36.8 Å². The molecule has 1 aliphatic carbocycles. The molecule has 7 nitrogen and oxygen atoms in total. The number of hydrogen-bond acceptors (Lipinski definition) is 5. The lowest BCUT2D eigenvalue weighted by molar-refractivity contribution is -0.126. The first-order chi connectivity index (χ1) is 16.0. The third-order valence-corrected chi connectivity index (χ3v) is 8.41. The molecule has 2 aromatic carbocycles. The normalized spacial score (nSPS) is 17.2. The van der Waals surface area contributed by atoms with Crippen molar-refractivity contribution in [1.29, 1.82) is 0 Å². The molecule has 0 atom stereocenters. The van der Waals surface area contributed by atoms with E-state index < -0.39 is 10.0 Å². The average molecular weight is 473 g/mol. The first-order valence-electron chi connectivity index (χ1n) is 11.6. The average Bonchev–Trinajstić information content (AvgIpc) is 2.86. The minimum Gasteiger partial charge on any atom is -0.497 e. The lowest BCUT2D eigenvalue weighted by Gasteiger charge is -2.31. The summed E-state index contributed by atoms with van der Waals surface area (Å²) in [4.78, 5) is 12.9. The highest BCUT2D eigenvalue weighted by Gasteiger charge is 2.32. The number of rotatable bonds is 8. The zero-order chi connectivity index (χ0) is 23.3. The largest absolute Gasteiger partial charge is 0.497 e. The Morgan fingerprint density at radius 2 is 1.67 bits per heavy atom. The maximum atomic E-state index is 13.1. The third-order valence-electron chi connectivity index (χ3n) is 6.51. The predicted molar refractivity (Wildman–Crippen MR) is 126 cm³/mol. The van der Waals surface area contributed by atoms with Crippen molar-refractivity contribution in [3.05, 3.63) is 53.6 Å². The zero-order valence-electron chi connectivity index (χ0n) is 19.1. The summed E-state index contributed by atoms with van der Waals surface area (Å²) in [7, 11) is -1.92. The van der Waals surface area contributed by atoms with Crippen LogP contribution in [-0.4, -0.2) is 52.0 Å². The molecule has 0 bridgehead atoms. The van der Waals surface area contributed by atoms with Gasteiger partial charge in [-0.2, -0.15) is 4.31 Å². The summed E-state index contributed by atoms with van der Waals surface area (Å²) in [5, 5.41) is 2.91. The predicted octanol–water partition coefficient (Wildman–Crippen LogP) is 3.17. The summed E-state index contributed by atoms with van der Waals surface area (Å²) in [6.45, 7) is 1.49. The number of nitrogens with zero attached hydrogens (tertiary/aromatic N) is 1. The number of ether oxygens (including phenoxy) is 2. The maximum absolute atomic E-state index is 13.1. The number of sulfonamides is 1. The summed E-state index contributed by atoms with van der Waals surface area (Å²) in [5.74, 6) is 1.25. The lowest BCUT2D eigenvalue weighted by atomic mass is 9.92. The molecule has 8 heteroatoms. The summed E-state index contributed by atoms with van der Waals surface area (Å²) in [5.41, 5.74) is 2.43. The first-order valence-corrected chi connectivity index (χ1v) is 13.1. The van der Waals surface area contributed by atoms with Gasteiger partial charge in [-0.3, -0.25) is 4.79 Å². The van der Waals surface area contributed by atoms with Gasteiger partial charge in [-0.1, -0.05) is 6.07 Å². The molecular formula is C25H32N2O5S. The molecule has 0 aromatic heterocycles. The van der Waals surface area contributed by atoms with Gasteiger partial charge < -0.3 is 14.8 Å². The first kappa shape index (κ1) is 23.6. The number of carbonyl (C=O) groups is 1. The third kappa shape index (κ3) is 5.68. The molecule has 4 rings (SSSR count). The van der Waals surface area contributed by atoms with E-state index >= 15 is 0 Å². The quantitative estimate of drug-likeness (QED) is 0.597. The molecule has 0 spiro atoms. The molecule has 1 N–H and O–H groups in total. The van der Waals surface area contributed by atoms with Crippen LogP contribution in [-0.2, 0) is 27.7 Å². The Bertz CT molecular complexity index is 1060. The molecule has 1 heterocycles. The summed E-state index contributed by atoms with van der Waals surface area (Å²) in [6.07, 6.45) is 5.31. The zero-order valence-corrected chi connectivity index (χ0v) is 19.9. The Hall–Kier alpha value is -2.58. The number of nitrogens with one attached hydrogen (secondary N) is 1. The van der Waals surface area contributed by atoms with Gasteiger partial charge in [0.25, 0.3) is 0 Å². The van der Waals surface area contributed by atoms with Crippen LogP contribution in [0.25, 0.3) is 0 Å². The molecule has 0 saturated carbocycles. The van der Waals surface area contributed by atoms with Crippen molar-refractivity contribution in [2.45, 2.75) is 43.4 Å². The van der Waals surface area contributed by atoms with Gasteiger partial charge in [0.15, 0.2) is 0 Å². The molecule has 2 aliphatic rings. The Morgan fingerprint density at radius 1 is 1.00 bits per heavy atom. The van der Waals surface area contributed by atoms with E-state index in [1.54, 1.807) is 13.2 Å². The minimum atomic E-state index is -3.53. The van der Waals surface area contributed by atoms with Crippen LogP contribution in [0.3, 0.4) is 0 Å². The number of piperidine rings is 1. The molecule has 1 fully saturated rings. The van der Waals surface area contributed by atoms with Crippen molar-refractivity contribution >= 4 is 15.9 Å². The van der Waals surface area contributed by atoms with Crippen LogP contribution in [0.2, 0.25) is 0 Å². The highest BCUT2D eigenvalue weighted by atomic mass is 32.2. The van der Waals surface area contributed by atoms with Gasteiger partial charge in [-0.05, 0) is 86.1 Å². The smallest absolute Gasteiger partial charge is 0.243 e. The highest BCUT2D eigenvalue weighted by molar-refractivity contribution is 7.89. The SMILES string of the molecule is COc1ccc(OCCNC(=O)C2CCN(S(=O)(=O)c3ccc4c(c3)CCCC4)CC2)cc1. The molecule has 2 aromatic rings. The van der Waals surface area contributed by atoms with Gasteiger partial charge in [0.2, 0.25) is 15.9 Å². The topological polar surface area (TPSA) is 84.9 Å². The summed E-state index contributed by atoms with van der Waals surface area (Å²) in [6, 6.07) is 12.8. The van der Waals surface area contributed by atoms with E-state index in [-0.39, 0.29) is 11.8 Å². The van der Waals surface area contributed by atoms with Crippen LogP contribution >= 0.6 is 0 Å². The molecule has 178 valence electrons. The van der Waals surface area contributed by atoms with Gasteiger partial charge in [0, 0.05) is 19.0 Å². The van der Waals surface area contributed by atoms with Crippen LogP contribution in [0.5, 0.6) is 11.5 Å². The van der Waals surface area contributed by atoms with Crippen molar-refractivity contribution in [1.82, 2.24) is 9.62 Å². The lowest BCUT2D eigenvalue weighted by Crippen LogP contribution is -2.43. The van der Waals surface area contributed by atoms with Crippen LogP contribution in [0, 0.1) is 5.92 Å². The molecule has 0 radical (unpaired) electrons. The van der Waals surface area contributed by atoms with Crippen LogP contribution in [0.15, 0.2) is 47.4 Å². The van der Waals surface area contributed by atoms with Crippen LogP contribution < -0.4 is 14.8 Å². The van der Waals surface area contributed by atoms with Crippen molar-refractivity contribution in [3.8, 4) is 11.5 Å². The monoisotopic (exact) mass is 472 g/mol. The Kier molecular flexibility index (Phi) is 7.55. The number of fused-ring (bicyclic) bond motifs is 1. The highest BCUT2D eigenvalue weighted by Crippen LogP contribution is 2.28. The van der Waals surface area contributed by atoms with Gasteiger partial charge in [-0.15, -0.1) is 0 Å². The van der Waals surface area contributed by atoms with Crippen molar-refractivity contribution in [2.75, 3.05) is 33.4 Å². The second-order valence-corrected chi connectivity index (χ2v) is 10.6. The molecule has 1 saturated heterocycles. The number of benzene rings is 2. The fourth-order valence-electron chi connectivity index (χ4n) is 4.54. The molecule has 33 heavy (non-hydrogen) atoms. The molecule has 1 aliphatic heterocycles. The Morgan fingerprint density at radius 3 is 2.36 bits per heavy atom. The summed E-state index contributed by atoms with van der Waals surface area (Å²) < 4.78 is 38.5. The Labute approximate surface area is 196 Å². The van der Waals surface area contributed by atoms with E-state index in [1.807, 2.05) is 36.4 Å². The molecular weight excluding hydrogens is 440 g/mol. The molecule has 1 amide bonds. The van der Waals surface area contributed by atoms with E-state index in [9.17, 15) is 13.2 Å². The van der Waals surface area contributed by atoms with E-state index in [2.05, 4.69) is 5.32 Å². The van der Waals surface area contributed by atoms with Crippen molar-refractivity contribution in [3.63, 3.8) is 0 Å². The minimum absolute atomic E-state index is 0.0424. The van der Waals surface area contributed by atoms with Gasteiger partial charge in [0.1, 0.15) is 18.1 Å². The number of aryl methyl sites for hydroxylation is 2. The van der Waals surface area contributed by atoms with Gasteiger partial charge in [-0.25, -0.2) is 8.42 Å². The van der Waals surface area contributed by atoms with E-state index in [4.69, 9.17) is 9.47 Å². The fraction of sp³-hybridized carbons (Fsp3) is 0.480.